The molecular formula is C11H11F2N3S2. The topological polar surface area (TPSA) is 37.0 Å². The molecule has 0 spiro atoms. The molecule has 0 saturated heterocycles. The summed E-state index contributed by atoms with van der Waals surface area (Å²) in [6.07, 6.45) is 0. The second-order valence-electron chi connectivity index (χ2n) is 3.50. The van der Waals surface area contributed by atoms with Crippen LogP contribution < -0.4 is 10.0 Å². The monoisotopic (exact) mass is 287 g/mol. The van der Waals surface area contributed by atoms with Crippen LogP contribution in [0.1, 0.15) is 5.56 Å². The maximum absolute atomic E-state index is 14.0. The van der Waals surface area contributed by atoms with Gasteiger partial charge in [-0.3, -0.25) is 0 Å². The third kappa shape index (κ3) is 2.56. The molecule has 0 atom stereocenters. The van der Waals surface area contributed by atoms with Gasteiger partial charge in [0, 0.05) is 23.7 Å². The van der Waals surface area contributed by atoms with Crippen molar-refractivity contribution in [2.45, 2.75) is 11.8 Å². The molecule has 0 bridgehead atoms. The van der Waals surface area contributed by atoms with Crippen molar-refractivity contribution in [1.82, 2.24) is 4.98 Å². The van der Waals surface area contributed by atoms with Crippen LogP contribution in [0, 0.1) is 18.6 Å². The molecule has 0 aliphatic carbocycles. The number of thiazole rings is 1. The van der Waals surface area contributed by atoms with Crippen LogP contribution in [-0.4, -0.2) is 12.0 Å². The van der Waals surface area contributed by atoms with Crippen LogP contribution >= 0.6 is 23.3 Å². The lowest BCUT2D eigenvalue weighted by Crippen LogP contribution is -2.00. The first-order valence-electron chi connectivity index (χ1n) is 5.11. The summed E-state index contributed by atoms with van der Waals surface area (Å²) in [6, 6.07) is 1.28. The number of hydrogen-bond acceptors (Lipinski definition) is 5. The van der Waals surface area contributed by atoms with Gasteiger partial charge < -0.3 is 10.0 Å². The Balaban J connectivity index is 2.25. The molecule has 7 heteroatoms. The molecule has 2 N–H and O–H groups in total. The van der Waals surface area contributed by atoms with Crippen LogP contribution in [0.3, 0.4) is 0 Å². The Hall–Kier alpha value is -1.34. The lowest BCUT2D eigenvalue weighted by molar-refractivity contribution is 0.536. The van der Waals surface area contributed by atoms with Crippen molar-refractivity contribution in [2.24, 2.45) is 0 Å². The predicted molar refractivity (Wildman–Crippen MR) is 72.2 cm³/mol. The molecule has 1 aromatic heterocycles. The van der Waals surface area contributed by atoms with Crippen molar-refractivity contribution in [3.8, 4) is 0 Å². The maximum Gasteiger partial charge on any atom is 0.147 e. The SMILES string of the molecule is CNc1cc(F)c(SNc2cscn2)c(F)c1C. The molecule has 1 heterocycles. The molecule has 0 amide bonds. The standard InChI is InChI=1S/C11H11F2N3S2/c1-6-8(14-2)3-7(12)11(10(6)13)18-16-9-4-17-5-15-9/h3-5,14,16H,1-2H3. The summed E-state index contributed by atoms with van der Waals surface area (Å²) in [7, 11) is 1.63. The highest BCUT2D eigenvalue weighted by molar-refractivity contribution is 8.00. The van der Waals surface area contributed by atoms with Gasteiger partial charge in [0.2, 0.25) is 0 Å². The van der Waals surface area contributed by atoms with E-state index in [0.717, 1.165) is 11.9 Å². The Kier molecular flexibility index (Phi) is 4.03. The number of anilines is 2. The molecule has 0 aliphatic rings. The van der Waals surface area contributed by atoms with Crippen LogP contribution in [0.2, 0.25) is 0 Å². The first-order chi connectivity index (χ1) is 8.63. The second kappa shape index (κ2) is 5.53. The molecule has 1 aromatic carbocycles. The van der Waals surface area contributed by atoms with Gasteiger partial charge in [0.1, 0.15) is 22.3 Å². The Labute approximate surface area is 112 Å². The van der Waals surface area contributed by atoms with E-state index in [1.807, 2.05) is 0 Å². The third-order valence-corrected chi connectivity index (χ3v) is 3.86. The van der Waals surface area contributed by atoms with Gasteiger partial charge in [0.15, 0.2) is 0 Å². The predicted octanol–water partition coefficient (Wildman–Crippen LogP) is 3.89. The number of hydrogen-bond donors (Lipinski definition) is 2. The van der Waals surface area contributed by atoms with Gasteiger partial charge in [-0.1, -0.05) is 0 Å². The minimum atomic E-state index is -0.602. The number of nitrogens with one attached hydrogen (secondary N) is 2. The minimum Gasteiger partial charge on any atom is -0.388 e. The first kappa shape index (κ1) is 13.1. The van der Waals surface area contributed by atoms with Gasteiger partial charge in [-0.05, 0) is 24.9 Å². The molecule has 0 saturated carbocycles. The number of aromatic nitrogens is 1. The molecular weight excluding hydrogens is 276 g/mol. The van der Waals surface area contributed by atoms with Crippen LogP contribution in [0.25, 0.3) is 0 Å². The molecule has 18 heavy (non-hydrogen) atoms. The zero-order valence-electron chi connectivity index (χ0n) is 9.75. The number of nitrogens with zero attached hydrogens (tertiary/aromatic N) is 1. The summed E-state index contributed by atoms with van der Waals surface area (Å²) in [5, 5.41) is 4.51. The van der Waals surface area contributed by atoms with Crippen LogP contribution in [0.4, 0.5) is 20.3 Å². The Morgan fingerprint density at radius 2 is 2.17 bits per heavy atom. The van der Waals surface area contributed by atoms with Gasteiger partial charge in [-0.25, -0.2) is 13.8 Å². The smallest absolute Gasteiger partial charge is 0.147 e. The van der Waals surface area contributed by atoms with Crippen LogP contribution in [0.15, 0.2) is 21.9 Å². The molecule has 0 radical (unpaired) electrons. The molecule has 2 aromatic rings. The summed E-state index contributed by atoms with van der Waals surface area (Å²) in [4.78, 5) is 3.92. The fraction of sp³-hybridized carbons (Fsp3) is 0.182. The summed E-state index contributed by atoms with van der Waals surface area (Å²) in [6.45, 7) is 1.60. The van der Waals surface area contributed by atoms with E-state index in [-0.39, 0.29) is 4.90 Å². The lowest BCUT2D eigenvalue weighted by atomic mass is 10.2. The third-order valence-electron chi connectivity index (χ3n) is 2.38. The normalized spacial score (nSPS) is 10.4. The molecule has 0 unspecified atom stereocenters. The maximum atomic E-state index is 14.0. The second-order valence-corrected chi connectivity index (χ2v) is 5.04. The molecule has 0 fully saturated rings. The average Bonchev–Trinajstić information content (AvgIpc) is 2.86. The summed E-state index contributed by atoms with van der Waals surface area (Å²) < 4.78 is 30.5. The zero-order chi connectivity index (χ0) is 13.1. The molecule has 3 nitrogen and oxygen atoms in total. The van der Waals surface area contributed by atoms with Crippen molar-refractivity contribution >= 4 is 34.8 Å². The zero-order valence-corrected chi connectivity index (χ0v) is 11.4. The van der Waals surface area contributed by atoms with Gasteiger partial charge in [-0.2, -0.15) is 0 Å². The van der Waals surface area contributed by atoms with Gasteiger partial charge in [0.25, 0.3) is 0 Å². The van der Waals surface area contributed by atoms with Gasteiger partial charge >= 0.3 is 0 Å². The summed E-state index contributed by atoms with van der Waals surface area (Å²) >= 11 is 2.29. The first-order valence-corrected chi connectivity index (χ1v) is 6.86. The van der Waals surface area contributed by atoms with E-state index in [0.29, 0.717) is 17.1 Å². The fourth-order valence-electron chi connectivity index (χ4n) is 1.41. The summed E-state index contributed by atoms with van der Waals surface area (Å²) in [5.41, 5.74) is 2.48. The van der Waals surface area contributed by atoms with E-state index in [1.165, 1.54) is 17.4 Å². The number of rotatable bonds is 4. The Bertz CT molecular complexity index is 544. The average molecular weight is 287 g/mol. The van der Waals surface area contributed by atoms with E-state index < -0.39 is 11.6 Å². The minimum absolute atomic E-state index is 0.0560. The Morgan fingerprint density at radius 3 is 2.78 bits per heavy atom. The molecule has 2 rings (SSSR count). The van der Waals surface area contributed by atoms with Crippen molar-refractivity contribution in [2.75, 3.05) is 17.1 Å². The van der Waals surface area contributed by atoms with Crippen molar-refractivity contribution < 1.29 is 8.78 Å². The Morgan fingerprint density at radius 1 is 1.39 bits per heavy atom. The number of benzene rings is 1. The quantitative estimate of drug-likeness (QED) is 0.837. The van der Waals surface area contributed by atoms with E-state index in [1.54, 1.807) is 24.9 Å². The van der Waals surface area contributed by atoms with Gasteiger partial charge in [0.05, 0.1) is 5.51 Å². The highest BCUT2D eigenvalue weighted by Gasteiger charge is 2.16. The van der Waals surface area contributed by atoms with Crippen LogP contribution in [-0.2, 0) is 0 Å². The number of halogens is 2. The van der Waals surface area contributed by atoms with Crippen molar-refractivity contribution in [3.63, 3.8) is 0 Å². The highest BCUT2D eigenvalue weighted by Crippen LogP contribution is 2.31. The van der Waals surface area contributed by atoms with E-state index >= 15 is 0 Å². The molecule has 96 valence electrons. The van der Waals surface area contributed by atoms with Crippen molar-refractivity contribution in [1.29, 1.82) is 0 Å². The van der Waals surface area contributed by atoms with E-state index in [9.17, 15) is 8.78 Å². The van der Waals surface area contributed by atoms with Crippen molar-refractivity contribution in [3.05, 3.63) is 34.2 Å². The molecule has 0 aliphatic heterocycles. The highest BCUT2D eigenvalue weighted by atomic mass is 32.2. The fourth-order valence-corrected chi connectivity index (χ4v) is 2.69. The van der Waals surface area contributed by atoms with E-state index in [4.69, 9.17) is 0 Å². The van der Waals surface area contributed by atoms with Gasteiger partial charge in [-0.15, -0.1) is 11.3 Å². The lowest BCUT2D eigenvalue weighted by Gasteiger charge is -2.11. The largest absolute Gasteiger partial charge is 0.388 e. The van der Waals surface area contributed by atoms with Crippen LogP contribution in [0.5, 0.6) is 0 Å². The summed E-state index contributed by atoms with van der Waals surface area (Å²) in [5.74, 6) is -0.582. The van der Waals surface area contributed by atoms with E-state index in [2.05, 4.69) is 15.0 Å².